The first-order valence-corrected chi connectivity index (χ1v) is 7.69. The largest absolute Gasteiger partial charge is 0.322 e. The summed E-state index contributed by atoms with van der Waals surface area (Å²) in [4.78, 5) is 0. The molecule has 0 saturated carbocycles. The molecule has 1 aliphatic rings. The predicted molar refractivity (Wildman–Crippen MR) is 84.7 cm³/mol. The predicted octanol–water partition coefficient (Wildman–Crippen LogP) is 4.51. The molecule has 3 rings (SSSR count). The Labute approximate surface area is 126 Å². The van der Waals surface area contributed by atoms with E-state index in [9.17, 15) is 4.39 Å². The highest BCUT2D eigenvalue weighted by Gasteiger charge is 2.29. The summed E-state index contributed by atoms with van der Waals surface area (Å²) in [7, 11) is 0. The lowest BCUT2D eigenvalue weighted by molar-refractivity contribution is 0.375. The molecule has 2 heteroatoms. The second-order valence-corrected chi connectivity index (χ2v) is 6.42. The van der Waals surface area contributed by atoms with Crippen molar-refractivity contribution in [1.82, 2.24) is 0 Å². The average Bonchev–Trinajstić information content (AvgIpc) is 2.47. The van der Waals surface area contributed by atoms with Crippen LogP contribution in [0.15, 0.2) is 48.5 Å². The molecule has 21 heavy (non-hydrogen) atoms. The average molecular weight is 283 g/mol. The number of halogens is 1. The normalized spacial score (nSPS) is 20.6. The van der Waals surface area contributed by atoms with Crippen LogP contribution >= 0.6 is 0 Å². The molecule has 2 atom stereocenters. The molecular formula is C19H22FN. The third-order valence-corrected chi connectivity index (χ3v) is 4.65. The molecule has 0 heterocycles. The van der Waals surface area contributed by atoms with Gasteiger partial charge in [0.15, 0.2) is 0 Å². The smallest absolute Gasteiger partial charge is 0.123 e. The molecule has 0 fully saturated rings. The van der Waals surface area contributed by atoms with E-state index in [0.29, 0.717) is 5.92 Å². The number of aryl methyl sites for hydroxylation is 1. The molecule has 0 aliphatic heterocycles. The van der Waals surface area contributed by atoms with E-state index in [1.165, 1.54) is 30.0 Å². The van der Waals surface area contributed by atoms with Crippen molar-refractivity contribution in [2.75, 3.05) is 0 Å². The summed E-state index contributed by atoms with van der Waals surface area (Å²) in [5.74, 6) is 0.251. The van der Waals surface area contributed by atoms with Crippen LogP contribution in [0, 0.1) is 5.82 Å². The third kappa shape index (κ3) is 3.01. The maximum atomic E-state index is 13.5. The van der Waals surface area contributed by atoms with E-state index in [0.717, 1.165) is 18.4 Å². The van der Waals surface area contributed by atoms with Crippen LogP contribution in [0.5, 0.6) is 0 Å². The van der Waals surface area contributed by atoms with Crippen molar-refractivity contribution in [2.45, 2.75) is 44.1 Å². The fourth-order valence-corrected chi connectivity index (χ4v) is 3.54. The molecule has 0 radical (unpaired) electrons. The molecule has 2 aromatic carbocycles. The Morgan fingerprint density at radius 3 is 2.81 bits per heavy atom. The Hall–Kier alpha value is -1.67. The zero-order valence-corrected chi connectivity index (χ0v) is 12.5. The van der Waals surface area contributed by atoms with E-state index in [2.05, 4.69) is 24.3 Å². The second-order valence-electron chi connectivity index (χ2n) is 6.42. The fraction of sp³-hybridized carbons (Fsp3) is 0.368. The summed E-state index contributed by atoms with van der Waals surface area (Å²) in [6.07, 6.45) is 4.39. The highest BCUT2D eigenvalue weighted by Crippen LogP contribution is 2.39. The lowest BCUT2D eigenvalue weighted by atomic mass is 9.74. The van der Waals surface area contributed by atoms with Crippen LogP contribution in [0.25, 0.3) is 0 Å². The minimum Gasteiger partial charge on any atom is -0.322 e. The monoisotopic (exact) mass is 283 g/mol. The van der Waals surface area contributed by atoms with Crippen molar-refractivity contribution in [3.63, 3.8) is 0 Å². The van der Waals surface area contributed by atoms with Crippen LogP contribution in [0.2, 0.25) is 0 Å². The van der Waals surface area contributed by atoms with Crippen molar-refractivity contribution in [2.24, 2.45) is 5.73 Å². The van der Waals surface area contributed by atoms with Crippen molar-refractivity contribution in [3.05, 3.63) is 71.0 Å². The minimum atomic E-state index is -0.503. The van der Waals surface area contributed by atoms with Gasteiger partial charge in [0, 0.05) is 5.54 Å². The van der Waals surface area contributed by atoms with E-state index in [1.54, 1.807) is 12.1 Å². The summed E-state index contributed by atoms with van der Waals surface area (Å²) in [6.45, 7) is 2.01. The first-order valence-electron chi connectivity index (χ1n) is 7.69. The Balaban J connectivity index is 1.86. The van der Waals surface area contributed by atoms with Crippen LogP contribution in [-0.4, -0.2) is 0 Å². The second kappa shape index (κ2) is 5.61. The Bertz CT molecular complexity index is 633. The number of hydrogen-bond donors (Lipinski definition) is 1. The molecule has 0 aromatic heterocycles. The maximum Gasteiger partial charge on any atom is 0.123 e. The molecule has 2 aromatic rings. The quantitative estimate of drug-likeness (QED) is 0.881. The number of hydrogen-bond acceptors (Lipinski definition) is 1. The van der Waals surface area contributed by atoms with Gasteiger partial charge in [0.2, 0.25) is 0 Å². The van der Waals surface area contributed by atoms with Gasteiger partial charge in [-0.2, -0.15) is 0 Å². The third-order valence-electron chi connectivity index (χ3n) is 4.65. The number of nitrogens with two attached hydrogens (primary N) is 1. The van der Waals surface area contributed by atoms with Gasteiger partial charge in [-0.05, 0) is 67.3 Å². The molecule has 0 bridgehead atoms. The zero-order valence-electron chi connectivity index (χ0n) is 12.5. The summed E-state index contributed by atoms with van der Waals surface area (Å²) in [6, 6.07) is 15.4. The fourth-order valence-electron chi connectivity index (χ4n) is 3.54. The molecule has 1 aliphatic carbocycles. The number of benzene rings is 2. The highest BCUT2D eigenvalue weighted by atomic mass is 19.1. The first-order chi connectivity index (χ1) is 10.1. The Kier molecular flexibility index (Phi) is 3.81. The summed E-state index contributed by atoms with van der Waals surface area (Å²) >= 11 is 0. The van der Waals surface area contributed by atoms with Gasteiger partial charge >= 0.3 is 0 Å². The molecule has 110 valence electrons. The maximum absolute atomic E-state index is 13.5. The van der Waals surface area contributed by atoms with E-state index in [1.807, 2.05) is 13.0 Å². The first kappa shape index (κ1) is 14.3. The van der Waals surface area contributed by atoms with Crippen LogP contribution < -0.4 is 5.73 Å². The van der Waals surface area contributed by atoms with Crippen LogP contribution in [0.3, 0.4) is 0 Å². The van der Waals surface area contributed by atoms with Gasteiger partial charge in [-0.1, -0.05) is 36.4 Å². The van der Waals surface area contributed by atoms with Crippen molar-refractivity contribution in [1.29, 1.82) is 0 Å². The molecule has 2 N–H and O–H groups in total. The molecule has 0 amide bonds. The SMILES string of the molecule is CC(N)(CC1CCCc2ccccc21)c1cccc(F)c1. The Morgan fingerprint density at radius 1 is 1.19 bits per heavy atom. The molecule has 0 saturated heterocycles. The number of rotatable bonds is 3. The van der Waals surface area contributed by atoms with Gasteiger partial charge in [0.25, 0.3) is 0 Å². The number of fused-ring (bicyclic) bond motifs is 1. The molecule has 1 nitrogen and oxygen atoms in total. The van der Waals surface area contributed by atoms with E-state index >= 15 is 0 Å². The summed E-state index contributed by atoms with van der Waals surface area (Å²) in [5.41, 5.74) is 9.78. The molecule has 2 unspecified atom stereocenters. The summed E-state index contributed by atoms with van der Waals surface area (Å²) < 4.78 is 13.5. The van der Waals surface area contributed by atoms with Gasteiger partial charge in [0.1, 0.15) is 5.82 Å². The van der Waals surface area contributed by atoms with Crippen molar-refractivity contribution >= 4 is 0 Å². The lowest BCUT2D eigenvalue weighted by Crippen LogP contribution is -2.35. The van der Waals surface area contributed by atoms with Crippen LogP contribution in [0.1, 0.15) is 48.8 Å². The van der Waals surface area contributed by atoms with Crippen LogP contribution in [0.4, 0.5) is 4.39 Å². The Morgan fingerprint density at radius 2 is 2.00 bits per heavy atom. The van der Waals surface area contributed by atoms with E-state index in [4.69, 9.17) is 5.73 Å². The zero-order chi connectivity index (χ0) is 14.9. The van der Waals surface area contributed by atoms with Gasteiger partial charge in [-0.15, -0.1) is 0 Å². The standard InChI is InChI=1S/C19H22FN/c1-19(21,16-9-5-10-17(20)12-16)13-15-8-4-7-14-6-2-3-11-18(14)15/h2-3,5-6,9-12,15H,4,7-8,13,21H2,1H3. The van der Waals surface area contributed by atoms with Gasteiger partial charge in [-0.3, -0.25) is 0 Å². The highest BCUT2D eigenvalue weighted by molar-refractivity contribution is 5.34. The summed E-state index contributed by atoms with van der Waals surface area (Å²) in [5, 5.41) is 0. The van der Waals surface area contributed by atoms with Crippen LogP contribution in [-0.2, 0) is 12.0 Å². The molecular weight excluding hydrogens is 261 g/mol. The van der Waals surface area contributed by atoms with Gasteiger partial charge in [0.05, 0.1) is 0 Å². The van der Waals surface area contributed by atoms with Crippen molar-refractivity contribution in [3.8, 4) is 0 Å². The minimum absolute atomic E-state index is 0.215. The van der Waals surface area contributed by atoms with Crippen molar-refractivity contribution < 1.29 is 4.39 Å². The van der Waals surface area contributed by atoms with Gasteiger partial charge in [-0.25, -0.2) is 4.39 Å². The topological polar surface area (TPSA) is 26.0 Å². The van der Waals surface area contributed by atoms with E-state index in [-0.39, 0.29) is 5.82 Å². The van der Waals surface area contributed by atoms with Gasteiger partial charge < -0.3 is 5.73 Å². The van der Waals surface area contributed by atoms with E-state index < -0.39 is 5.54 Å². The lowest BCUT2D eigenvalue weighted by Gasteiger charge is -2.33. The molecule has 0 spiro atoms.